The van der Waals surface area contributed by atoms with E-state index in [9.17, 15) is 14.0 Å². The number of aromatic nitrogens is 3. The van der Waals surface area contributed by atoms with Crippen LogP contribution < -0.4 is 10.6 Å². The zero-order valence-corrected chi connectivity index (χ0v) is 18.4. The molecule has 2 amide bonds. The number of fused-ring (bicyclic) bond motifs is 1. The lowest BCUT2D eigenvalue weighted by atomic mass is 10.2. The van der Waals surface area contributed by atoms with E-state index in [1.54, 1.807) is 22.7 Å². The highest BCUT2D eigenvalue weighted by molar-refractivity contribution is 7.99. The second-order valence-corrected chi connectivity index (χ2v) is 8.26. The number of hydrogen-bond donors (Lipinski definition) is 2. The summed E-state index contributed by atoms with van der Waals surface area (Å²) in [5.74, 6) is -1.08. The van der Waals surface area contributed by atoms with Gasteiger partial charge in [0, 0.05) is 11.9 Å². The van der Waals surface area contributed by atoms with Gasteiger partial charge in [-0.25, -0.2) is 4.39 Å². The number of rotatable bonds is 6. The number of nitrogens with one attached hydrogen (secondary N) is 2. The molecular weight excluding hydrogens is 453 g/mol. The Morgan fingerprint density at radius 2 is 1.94 bits per heavy atom. The van der Waals surface area contributed by atoms with E-state index in [4.69, 9.17) is 11.6 Å². The molecule has 0 aliphatic carbocycles. The molecule has 4 aromatic rings. The minimum absolute atomic E-state index is 0.0220. The summed E-state index contributed by atoms with van der Waals surface area (Å²) in [5, 5.41) is 14.2. The summed E-state index contributed by atoms with van der Waals surface area (Å²) in [4.78, 5) is 24.9. The first-order valence-electron chi connectivity index (χ1n) is 9.49. The van der Waals surface area contributed by atoms with Crippen molar-refractivity contribution in [2.45, 2.75) is 12.1 Å². The average Bonchev–Trinajstić information content (AvgIpc) is 3.16. The number of aryl methyl sites for hydroxylation is 1. The highest BCUT2D eigenvalue weighted by Crippen LogP contribution is 2.24. The Morgan fingerprint density at radius 3 is 2.72 bits per heavy atom. The summed E-state index contributed by atoms with van der Waals surface area (Å²) in [6.07, 6.45) is 1.62. The number of hydrogen-bond acceptors (Lipinski definition) is 5. The van der Waals surface area contributed by atoms with Gasteiger partial charge in [0.2, 0.25) is 5.91 Å². The normalized spacial score (nSPS) is 10.8. The number of carbonyl (C=O) groups excluding carboxylic acids is 2. The molecule has 2 aromatic carbocycles. The average molecular weight is 470 g/mol. The van der Waals surface area contributed by atoms with Gasteiger partial charge >= 0.3 is 0 Å². The Labute approximate surface area is 192 Å². The number of thioether (sulfide) groups is 1. The van der Waals surface area contributed by atoms with Crippen LogP contribution in [0.2, 0.25) is 5.02 Å². The monoisotopic (exact) mass is 469 g/mol. The standard InChI is InChI=1S/C22H17ClFN5O2S/c1-13-3-2-4-16(9-13)25-21(31)14-5-8-19-27-28-22(29(19)11-14)32-12-20(30)26-18-7-6-15(24)10-17(18)23/h2-11H,12H2,1H3,(H,25,31)(H,26,30). The number of halogens is 2. The van der Waals surface area contributed by atoms with Crippen LogP contribution in [0.15, 0.2) is 66.0 Å². The van der Waals surface area contributed by atoms with E-state index >= 15 is 0 Å². The van der Waals surface area contributed by atoms with Crippen LogP contribution in [0.5, 0.6) is 0 Å². The second-order valence-electron chi connectivity index (χ2n) is 6.91. The fourth-order valence-corrected chi connectivity index (χ4v) is 3.87. The topological polar surface area (TPSA) is 88.4 Å². The van der Waals surface area contributed by atoms with Gasteiger partial charge in [-0.3, -0.25) is 14.0 Å². The van der Waals surface area contributed by atoms with E-state index in [2.05, 4.69) is 20.8 Å². The molecule has 0 spiro atoms. The predicted octanol–water partition coefficient (Wildman–Crippen LogP) is 4.81. The van der Waals surface area contributed by atoms with E-state index in [-0.39, 0.29) is 22.6 Å². The fourth-order valence-electron chi connectivity index (χ4n) is 2.94. The number of carbonyl (C=O) groups is 2. The zero-order valence-electron chi connectivity index (χ0n) is 16.8. The molecular formula is C22H17ClFN5O2S. The molecule has 0 saturated heterocycles. The first kappa shape index (κ1) is 21.8. The van der Waals surface area contributed by atoms with Crippen LogP contribution in [0.25, 0.3) is 5.65 Å². The number of benzene rings is 2. The second kappa shape index (κ2) is 9.37. The maximum absolute atomic E-state index is 13.1. The van der Waals surface area contributed by atoms with Crippen LogP contribution >= 0.6 is 23.4 Å². The van der Waals surface area contributed by atoms with Crippen LogP contribution in [0, 0.1) is 12.7 Å². The van der Waals surface area contributed by atoms with Gasteiger partial charge < -0.3 is 10.6 Å². The van der Waals surface area contributed by atoms with Crippen molar-refractivity contribution < 1.29 is 14.0 Å². The van der Waals surface area contributed by atoms with Crippen molar-refractivity contribution in [2.24, 2.45) is 0 Å². The van der Waals surface area contributed by atoms with Gasteiger partial charge in [-0.2, -0.15) is 0 Å². The summed E-state index contributed by atoms with van der Waals surface area (Å²) < 4.78 is 14.8. The van der Waals surface area contributed by atoms with E-state index < -0.39 is 5.82 Å². The maximum Gasteiger partial charge on any atom is 0.257 e. The predicted molar refractivity (Wildman–Crippen MR) is 123 cm³/mol. The van der Waals surface area contributed by atoms with Gasteiger partial charge in [0.15, 0.2) is 10.8 Å². The Bertz CT molecular complexity index is 1330. The largest absolute Gasteiger partial charge is 0.324 e. The molecule has 0 aliphatic heterocycles. The lowest BCUT2D eigenvalue weighted by Gasteiger charge is -2.08. The zero-order chi connectivity index (χ0) is 22.7. The minimum atomic E-state index is -0.487. The third-order valence-corrected chi connectivity index (χ3v) is 5.70. The van der Waals surface area contributed by atoms with Crippen LogP contribution in [-0.4, -0.2) is 32.2 Å². The lowest BCUT2D eigenvalue weighted by Crippen LogP contribution is -2.15. The highest BCUT2D eigenvalue weighted by Gasteiger charge is 2.14. The van der Waals surface area contributed by atoms with E-state index in [0.29, 0.717) is 27.7 Å². The molecule has 10 heteroatoms. The molecule has 0 saturated carbocycles. The van der Waals surface area contributed by atoms with Crippen molar-refractivity contribution in [1.29, 1.82) is 0 Å². The number of amides is 2. The molecule has 0 fully saturated rings. The van der Waals surface area contributed by atoms with Crippen molar-refractivity contribution in [2.75, 3.05) is 16.4 Å². The SMILES string of the molecule is Cc1cccc(NC(=O)c2ccc3nnc(SCC(=O)Nc4ccc(F)cc4Cl)n3c2)c1. The van der Waals surface area contributed by atoms with Crippen LogP contribution in [0.3, 0.4) is 0 Å². The molecule has 2 aromatic heterocycles. The first-order valence-corrected chi connectivity index (χ1v) is 10.9. The van der Waals surface area contributed by atoms with Gasteiger partial charge in [-0.15, -0.1) is 10.2 Å². The molecule has 7 nitrogen and oxygen atoms in total. The summed E-state index contributed by atoms with van der Waals surface area (Å²) in [5.41, 5.74) is 3.02. The Balaban J connectivity index is 1.45. The third kappa shape index (κ3) is 5.06. The van der Waals surface area contributed by atoms with Crippen LogP contribution in [0.4, 0.5) is 15.8 Å². The van der Waals surface area contributed by atoms with Crippen molar-refractivity contribution in [3.8, 4) is 0 Å². The van der Waals surface area contributed by atoms with Crippen LogP contribution in [0.1, 0.15) is 15.9 Å². The quantitative estimate of drug-likeness (QED) is 0.395. The maximum atomic E-state index is 13.1. The minimum Gasteiger partial charge on any atom is -0.324 e. The number of pyridine rings is 1. The molecule has 32 heavy (non-hydrogen) atoms. The van der Waals surface area contributed by atoms with Crippen molar-refractivity contribution >= 4 is 52.2 Å². The third-order valence-electron chi connectivity index (χ3n) is 4.45. The summed E-state index contributed by atoms with van der Waals surface area (Å²) >= 11 is 7.09. The Hall–Kier alpha value is -3.43. The number of nitrogens with zero attached hydrogens (tertiary/aromatic N) is 3. The molecule has 0 atom stereocenters. The van der Waals surface area contributed by atoms with Crippen molar-refractivity contribution in [1.82, 2.24) is 14.6 Å². The lowest BCUT2D eigenvalue weighted by molar-refractivity contribution is -0.113. The smallest absolute Gasteiger partial charge is 0.257 e. The van der Waals surface area contributed by atoms with Crippen LogP contribution in [-0.2, 0) is 4.79 Å². The Morgan fingerprint density at radius 1 is 1.09 bits per heavy atom. The van der Waals surface area contributed by atoms with Gasteiger partial charge in [-0.05, 0) is 55.0 Å². The summed E-state index contributed by atoms with van der Waals surface area (Å²) in [7, 11) is 0. The van der Waals surface area contributed by atoms with Gasteiger partial charge in [-0.1, -0.05) is 35.5 Å². The molecule has 0 unspecified atom stereocenters. The molecule has 162 valence electrons. The van der Waals surface area contributed by atoms with Crippen molar-refractivity contribution in [3.05, 3.63) is 82.8 Å². The van der Waals surface area contributed by atoms with E-state index in [0.717, 1.165) is 23.4 Å². The van der Waals surface area contributed by atoms with Gasteiger partial charge in [0.1, 0.15) is 5.82 Å². The molecule has 2 heterocycles. The summed E-state index contributed by atoms with van der Waals surface area (Å²) in [6, 6.07) is 14.6. The van der Waals surface area contributed by atoms with E-state index in [1.807, 2.05) is 31.2 Å². The molecule has 2 N–H and O–H groups in total. The summed E-state index contributed by atoms with van der Waals surface area (Å²) in [6.45, 7) is 1.95. The molecule has 4 rings (SSSR count). The first-order chi connectivity index (χ1) is 15.4. The highest BCUT2D eigenvalue weighted by atomic mass is 35.5. The number of anilines is 2. The van der Waals surface area contributed by atoms with Crippen molar-refractivity contribution in [3.63, 3.8) is 0 Å². The Kier molecular flexibility index (Phi) is 6.38. The van der Waals surface area contributed by atoms with Gasteiger partial charge in [0.05, 0.1) is 22.0 Å². The molecule has 0 bridgehead atoms. The van der Waals surface area contributed by atoms with E-state index in [1.165, 1.54) is 12.1 Å². The fraction of sp³-hybridized carbons (Fsp3) is 0.0909. The molecule has 0 radical (unpaired) electrons. The van der Waals surface area contributed by atoms with Gasteiger partial charge in [0.25, 0.3) is 5.91 Å². The molecule has 0 aliphatic rings.